The van der Waals surface area contributed by atoms with E-state index in [1.54, 1.807) is 12.1 Å². The fraction of sp³-hybridized carbons (Fsp3) is 0.636. The molecule has 41 heavy (non-hydrogen) atoms. The van der Waals surface area contributed by atoms with Gasteiger partial charge in [-0.15, -0.1) is 0 Å². The number of esters is 1. The zero-order valence-electron chi connectivity index (χ0n) is 24.2. The first-order valence-corrected chi connectivity index (χ1v) is 15.1. The number of nitrogens with one attached hydrogen (secondary N) is 1. The molecule has 0 unspecified atom stereocenters. The fourth-order valence-corrected chi connectivity index (χ4v) is 8.67. The van der Waals surface area contributed by atoms with Gasteiger partial charge >= 0.3 is 5.97 Å². The van der Waals surface area contributed by atoms with Crippen LogP contribution in [0.15, 0.2) is 35.9 Å². The second-order valence-electron chi connectivity index (χ2n) is 13.1. The Bertz CT molecular complexity index is 1240. The Hall–Kier alpha value is -2.87. The summed E-state index contributed by atoms with van der Waals surface area (Å²) in [4.78, 5) is 49.9. The van der Waals surface area contributed by atoms with E-state index in [4.69, 9.17) is 4.74 Å². The van der Waals surface area contributed by atoms with E-state index in [1.807, 2.05) is 13.0 Å². The van der Waals surface area contributed by atoms with Crippen molar-refractivity contribution in [2.45, 2.75) is 90.1 Å². The molecule has 6 atom stereocenters. The van der Waals surface area contributed by atoms with Gasteiger partial charge < -0.3 is 15.2 Å². The zero-order valence-corrected chi connectivity index (χ0v) is 24.2. The van der Waals surface area contributed by atoms with E-state index in [0.29, 0.717) is 37.6 Å². The number of carbonyl (C=O) groups is 4. The van der Waals surface area contributed by atoms with Crippen LogP contribution in [0.5, 0.6) is 0 Å². The van der Waals surface area contributed by atoms with Crippen LogP contribution in [0.2, 0.25) is 0 Å². The average Bonchev–Trinajstić information content (AvgIpc) is 3.23. The number of carbonyl (C=O) groups excluding carboxylic acids is 4. The molecule has 1 aromatic carbocycles. The molecular weight excluding hydrogens is 525 g/mol. The minimum Gasteiger partial charge on any atom is -0.458 e. The van der Waals surface area contributed by atoms with Gasteiger partial charge in [0.25, 0.3) is 0 Å². The summed E-state index contributed by atoms with van der Waals surface area (Å²) in [6, 6.07) is 6.05. The number of hydrogen-bond donors (Lipinski definition) is 2. The molecule has 0 saturated heterocycles. The third-order valence-corrected chi connectivity index (χ3v) is 11.1. The van der Waals surface area contributed by atoms with Crippen molar-refractivity contribution < 1.29 is 33.4 Å². The van der Waals surface area contributed by atoms with Gasteiger partial charge in [0.05, 0.1) is 6.42 Å². The molecule has 0 radical (unpaired) electrons. The highest BCUT2D eigenvalue weighted by Gasteiger charge is 2.66. The van der Waals surface area contributed by atoms with Crippen molar-refractivity contribution in [3.63, 3.8) is 0 Å². The van der Waals surface area contributed by atoms with Gasteiger partial charge in [-0.1, -0.05) is 31.6 Å². The first-order chi connectivity index (χ1) is 19.5. The first kappa shape index (κ1) is 29.6. The molecular formula is C33H42FNO6. The summed E-state index contributed by atoms with van der Waals surface area (Å²) in [5.74, 6) is -0.437. The minimum atomic E-state index is -1.54. The predicted molar refractivity (Wildman–Crippen MR) is 150 cm³/mol. The zero-order chi connectivity index (χ0) is 29.4. The summed E-state index contributed by atoms with van der Waals surface area (Å²) in [6.07, 6.45) is 8.32. The highest BCUT2D eigenvalue weighted by atomic mass is 19.1. The Morgan fingerprint density at radius 1 is 1.00 bits per heavy atom. The van der Waals surface area contributed by atoms with Crippen LogP contribution in [0, 0.1) is 34.4 Å². The van der Waals surface area contributed by atoms with Crippen LogP contribution in [0.4, 0.5) is 4.39 Å². The number of allylic oxidation sites excluding steroid dienone is 1. The maximum absolute atomic E-state index is 13.4. The van der Waals surface area contributed by atoms with E-state index < -0.39 is 29.4 Å². The molecule has 1 aromatic rings. The van der Waals surface area contributed by atoms with Gasteiger partial charge in [0.1, 0.15) is 11.4 Å². The van der Waals surface area contributed by atoms with Gasteiger partial charge in [0.15, 0.2) is 12.4 Å². The lowest BCUT2D eigenvalue weighted by molar-refractivity contribution is -0.170. The van der Waals surface area contributed by atoms with Gasteiger partial charge in [0.2, 0.25) is 11.7 Å². The lowest BCUT2D eigenvalue weighted by atomic mass is 9.46. The average molecular weight is 568 g/mol. The number of aliphatic hydroxyl groups is 1. The summed E-state index contributed by atoms with van der Waals surface area (Å²) >= 11 is 0. The van der Waals surface area contributed by atoms with Crippen molar-refractivity contribution in [3.05, 3.63) is 47.3 Å². The molecule has 0 aliphatic heterocycles. The number of fused-ring (bicyclic) bond motifs is 5. The van der Waals surface area contributed by atoms with Gasteiger partial charge in [-0.25, -0.2) is 4.39 Å². The van der Waals surface area contributed by atoms with Gasteiger partial charge in [-0.05, 0) is 98.3 Å². The molecule has 222 valence electrons. The Kier molecular flexibility index (Phi) is 8.25. The van der Waals surface area contributed by atoms with E-state index in [9.17, 15) is 28.7 Å². The largest absolute Gasteiger partial charge is 0.458 e. The maximum Gasteiger partial charge on any atom is 0.306 e. The highest BCUT2D eigenvalue weighted by Crippen LogP contribution is 2.67. The number of rotatable bonds is 9. The summed E-state index contributed by atoms with van der Waals surface area (Å²) in [7, 11) is 0. The Morgan fingerprint density at radius 2 is 1.73 bits per heavy atom. The van der Waals surface area contributed by atoms with Crippen LogP contribution in [0.25, 0.3) is 0 Å². The molecule has 2 N–H and O–H groups in total. The van der Waals surface area contributed by atoms with E-state index in [1.165, 1.54) is 17.7 Å². The molecule has 4 aliphatic carbocycles. The van der Waals surface area contributed by atoms with Crippen LogP contribution in [0.1, 0.15) is 83.6 Å². The molecule has 5 rings (SSSR count). The molecule has 3 saturated carbocycles. The lowest BCUT2D eigenvalue weighted by Gasteiger charge is -2.58. The van der Waals surface area contributed by atoms with Crippen molar-refractivity contribution in [1.29, 1.82) is 0 Å². The molecule has 4 aliphatic rings. The molecule has 1 amide bonds. The Labute approximate surface area is 241 Å². The third-order valence-electron chi connectivity index (χ3n) is 11.1. The van der Waals surface area contributed by atoms with Crippen LogP contribution < -0.4 is 5.32 Å². The molecule has 3 fully saturated rings. The predicted octanol–water partition coefficient (Wildman–Crippen LogP) is 4.64. The van der Waals surface area contributed by atoms with E-state index >= 15 is 0 Å². The summed E-state index contributed by atoms with van der Waals surface area (Å²) in [5, 5.41) is 14.5. The van der Waals surface area contributed by atoms with Crippen LogP contribution in [-0.2, 0) is 30.3 Å². The molecule has 0 spiro atoms. The van der Waals surface area contributed by atoms with Crippen LogP contribution >= 0.6 is 0 Å². The number of hydrogen-bond acceptors (Lipinski definition) is 6. The topological polar surface area (TPSA) is 110 Å². The van der Waals surface area contributed by atoms with E-state index in [0.717, 1.165) is 44.1 Å². The molecule has 0 heterocycles. The lowest BCUT2D eigenvalue weighted by Crippen LogP contribution is -2.58. The molecule has 0 bridgehead atoms. The quantitative estimate of drug-likeness (QED) is 0.421. The number of amides is 1. The SMILES string of the molecule is C[C@]12CCC(=O)C=C1CC[C@H]1[C@H]3CC[C@](O)(C(=O)COC(=O)CCC(=O)NCCc4ccc(F)cc4)[C@@]3(C)CC[C@@H]12. The monoisotopic (exact) mass is 567 g/mol. The normalized spacial score (nSPS) is 34.1. The third kappa shape index (κ3) is 5.52. The fourth-order valence-electron chi connectivity index (χ4n) is 8.67. The summed E-state index contributed by atoms with van der Waals surface area (Å²) in [5.41, 5.74) is 0.0794. The van der Waals surface area contributed by atoms with Crippen molar-refractivity contribution in [2.75, 3.05) is 13.2 Å². The molecule has 7 nitrogen and oxygen atoms in total. The number of ether oxygens (including phenoxy) is 1. The number of benzene rings is 1. The van der Waals surface area contributed by atoms with E-state index in [2.05, 4.69) is 12.2 Å². The molecule has 0 aromatic heterocycles. The maximum atomic E-state index is 13.4. The summed E-state index contributed by atoms with van der Waals surface area (Å²) < 4.78 is 18.2. The molecule has 8 heteroatoms. The van der Waals surface area contributed by atoms with Crippen molar-refractivity contribution in [3.8, 4) is 0 Å². The first-order valence-electron chi connectivity index (χ1n) is 15.1. The number of halogens is 1. The van der Waals surface area contributed by atoms with Crippen molar-refractivity contribution in [1.82, 2.24) is 5.32 Å². The standard InChI is InChI=1S/C33H42FNO6/c1-31-15-11-24(36)19-22(31)5-8-25-26(31)12-16-32(2)27(25)13-17-33(32,40)28(37)20-41-30(39)10-9-29(38)35-18-14-21-3-6-23(34)7-4-21/h3-4,6-7,19,25-27,40H,5,8-18,20H2,1-2H3,(H,35,38)/t25-,26+,27-,31+,32+,33+/m1/s1. The number of ketones is 2. The Morgan fingerprint density at radius 3 is 2.49 bits per heavy atom. The smallest absolute Gasteiger partial charge is 0.306 e. The Balaban J connectivity index is 1.11. The second kappa shape index (κ2) is 11.4. The van der Waals surface area contributed by atoms with Gasteiger partial charge in [-0.3, -0.25) is 19.2 Å². The van der Waals surface area contributed by atoms with Gasteiger partial charge in [0, 0.05) is 24.8 Å². The van der Waals surface area contributed by atoms with Crippen LogP contribution in [0.3, 0.4) is 0 Å². The van der Waals surface area contributed by atoms with Crippen LogP contribution in [-0.4, -0.2) is 47.3 Å². The van der Waals surface area contributed by atoms with Gasteiger partial charge in [-0.2, -0.15) is 0 Å². The van der Waals surface area contributed by atoms with Crippen molar-refractivity contribution >= 4 is 23.4 Å². The highest BCUT2D eigenvalue weighted by molar-refractivity contribution is 5.92. The van der Waals surface area contributed by atoms with E-state index in [-0.39, 0.29) is 41.7 Å². The summed E-state index contributed by atoms with van der Waals surface area (Å²) in [6.45, 7) is 4.21. The second-order valence-corrected chi connectivity index (χ2v) is 13.1. The van der Waals surface area contributed by atoms with Crippen molar-refractivity contribution in [2.24, 2.45) is 28.6 Å². The number of Topliss-reactive ketones (excluding diaryl/α,β-unsaturated/α-hetero) is 1. The minimum absolute atomic E-state index is 0.0195.